The maximum absolute atomic E-state index is 12.9. The van der Waals surface area contributed by atoms with Gasteiger partial charge in [-0.25, -0.2) is 0 Å². The molecular weight excluding hydrogens is 324 g/mol. The lowest BCUT2D eigenvalue weighted by atomic mass is 9.68. The number of carbonyl (C=O) groups is 1. The van der Waals surface area contributed by atoms with Crippen molar-refractivity contribution in [1.82, 2.24) is 5.32 Å². The van der Waals surface area contributed by atoms with Crippen molar-refractivity contribution in [1.29, 1.82) is 0 Å². The third-order valence-corrected chi connectivity index (χ3v) is 6.35. The van der Waals surface area contributed by atoms with E-state index in [0.717, 1.165) is 43.0 Å². The first-order valence-corrected chi connectivity index (χ1v) is 9.49. The smallest absolute Gasteiger partial charge is 0.255 e. The van der Waals surface area contributed by atoms with Crippen LogP contribution >= 0.6 is 11.6 Å². The van der Waals surface area contributed by atoms with E-state index in [1.165, 1.54) is 25.7 Å². The fraction of sp³-hybridized carbons (Fsp3) is 0.632. The monoisotopic (exact) mass is 348 g/mol. The van der Waals surface area contributed by atoms with Crippen LogP contribution in [-0.2, 0) is 6.42 Å². The van der Waals surface area contributed by atoms with E-state index in [2.05, 4.69) is 10.6 Å². The number of nitrogens with one attached hydrogen (secondary N) is 2. The lowest BCUT2D eigenvalue weighted by Gasteiger charge is -2.42. The van der Waals surface area contributed by atoms with Crippen molar-refractivity contribution in [3.05, 3.63) is 22.2 Å². The molecule has 1 aromatic rings. The summed E-state index contributed by atoms with van der Waals surface area (Å²) in [7, 11) is 1.64. The van der Waals surface area contributed by atoms with Crippen LogP contribution in [0.3, 0.4) is 0 Å². The Labute approximate surface area is 148 Å². The van der Waals surface area contributed by atoms with Crippen molar-refractivity contribution in [2.75, 3.05) is 19.0 Å². The standard InChI is InChI=1S/C19H25ClN2O2/c1-24-18-13-3-2-8-21-17(13)15(20)10-14(18)19(23)22-16-9-11-4-6-12(16)7-5-11/h10-12,16,21H,2-9H2,1H3,(H,22,23). The molecule has 1 aromatic carbocycles. The van der Waals surface area contributed by atoms with Gasteiger partial charge >= 0.3 is 0 Å². The number of hydrogen-bond acceptors (Lipinski definition) is 3. The molecule has 0 radical (unpaired) electrons. The van der Waals surface area contributed by atoms with Crippen LogP contribution in [0.4, 0.5) is 5.69 Å². The Morgan fingerprint density at radius 1 is 1.33 bits per heavy atom. The Morgan fingerprint density at radius 2 is 2.12 bits per heavy atom. The van der Waals surface area contributed by atoms with E-state index in [4.69, 9.17) is 16.3 Å². The number of methoxy groups -OCH3 is 1. The second-order valence-electron chi connectivity index (χ2n) is 7.42. The van der Waals surface area contributed by atoms with Crippen LogP contribution in [0.5, 0.6) is 5.75 Å². The van der Waals surface area contributed by atoms with Gasteiger partial charge in [0.2, 0.25) is 0 Å². The fourth-order valence-electron chi connectivity index (χ4n) is 4.80. The summed E-state index contributed by atoms with van der Waals surface area (Å²) >= 11 is 6.43. The predicted molar refractivity (Wildman–Crippen MR) is 96.1 cm³/mol. The van der Waals surface area contributed by atoms with E-state index in [0.29, 0.717) is 28.3 Å². The molecule has 5 rings (SSSR count). The van der Waals surface area contributed by atoms with Gasteiger partial charge in [-0.1, -0.05) is 24.4 Å². The number of ether oxygens (including phenoxy) is 1. The highest BCUT2D eigenvalue weighted by atomic mass is 35.5. The largest absolute Gasteiger partial charge is 0.496 e. The van der Waals surface area contributed by atoms with Gasteiger partial charge in [-0.2, -0.15) is 0 Å². The van der Waals surface area contributed by atoms with Crippen LogP contribution in [0.25, 0.3) is 0 Å². The fourth-order valence-corrected chi connectivity index (χ4v) is 5.09. The molecule has 2 N–H and O–H groups in total. The topological polar surface area (TPSA) is 50.4 Å². The summed E-state index contributed by atoms with van der Waals surface area (Å²) in [4.78, 5) is 12.9. The van der Waals surface area contributed by atoms with Crippen LogP contribution in [0, 0.1) is 11.8 Å². The Balaban J connectivity index is 1.61. The van der Waals surface area contributed by atoms with Crippen LogP contribution in [-0.4, -0.2) is 25.6 Å². The number of amides is 1. The molecule has 0 aromatic heterocycles. The molecule has 4 aliphatic rings. The van der Waals surface area contributed by atoms with Gasteiger partial charge < -0.3 is 15.4 Å². The molecule has 1 heterocycles. The highest BCUT2D eigenvalue weighted by Crippen LogP contribution is 2.42. The zero-order chi connectivity index (χ0) is 16.7. The summed E-state index contributed by atoms with van der Waals surface area (Å²) in [6.45, 7) is 0.909. The first-order valence-electron chi connectivity index (χ1n) is 9.11. The quantitative estimate of drug-likeness (QED) is 0.867. The summed E-state index contributed by atoms with van der Waals surface area (Å²) in [5.41, 5.74) is 2.53. The lowest BCUT2D eigenvalue weighted by molar-refractivity contribution is 0.0807. The first-order chi connectivity index (χ1) is 11.7. The minimum atomic E-state index is -0.0420. The number of halogens is 1. The molecule has 0 spiro atoms. The summed E-state index contributed by atoms with van der Waals surface area (Å²) in [5, 5.41) is 7.22. The van der Waals surface area contributed by atoms with Crippen molar-refractivity contribution >= 4 is 23.2 Å². The summed E-state index contributed by atoms with van der Waals surface area (Å²) in [6, 6.07) is 2.07. The van der Waals surface area contributed by atoms with Crippen molar-refractivity contribution in [3.8, 4) is 5.75 Å². The molecule has 3 fully saturated rings. The lowest BCUT2D eigenvalue weighted by Crippen LogP contribution is -2.47. The minimum Gasteiger partial charge on any atom is -0.496 e. The third kappa shape index (κ3) is 2.75. The molecule has 130 valence electrons. The number of carbonyl (C=O) groups excluding carboxylic acids is 1. The minimum absolute atomic E-state index is 0.0420. The number of rotatable bonds is 3. The first kappa shape index (κ1) is 16.1. The van der Waals surface area contributed by atoms with Crippen LogP contribution in [0.2, 0.25) is 5.02 Å². The summed E-state index contributed by atoms with van der Waals surface area (Å²) < 4.78 is 5.61. The van der Waals surface area contributed by atoms with Gasteiger partial charge in [-0.15, -0.1) is 0 Å². The third-order valence-electron chi connectivity index (χ3n) is 6.05. The molecule has 4 nitrogen and oxygen atoms in total. The van der Waals surface area contributed by atoms with E-state index in [1.807, 2.05) is 0 Å². The molecule has 24 heavy (non-hydrogen) atoms. The molecule has 3 aliphatic carbocycles. The van der Waals surface area contributed by atoms with Gasteiger partial charge in [-0.3, -0.25) is 4.79 Å². The van der Waals surface area contributed by atoms with Gasteiger partial charge in [0.05, 0.1) is 23.4 Å². The Hall–Kier alpha value is -1.42. The second-order valence-corrected chi connectivity index (χ2v) is 7.83. The van der Waals surface area contributed by atoms with Gasteiger partial charge in [0, 0.05) is 18.2 Å². The highest BCUT2D eigenvalue weighted by molar-refractivity contribution is 6.34. The van der Waals surface area contributed by atoms with E-state index in [9.17, 15) is 4.79 Å². The van der Waals surface area contributed by atoms with Gasteiger partial charge in [0.1, 0.15) is 5.75 Å². The molecular formula is C19H25ClN2O2. The summed E-state index contributed by atoms with van der Waals surface area (Å²) in [5.74, 6) is 2.07. The number of fused-ring (bicyclic) bond motifs is 4. The van der Waals surface area contributed by atoms with E-state index >= 15 is 0 Å². The van der Waals surface area contributed by atoms with Crippen LogP contribution in [0.1, 0.15) is 54.4 Å². The molecule has 0 saturated heterocycles. The average molecular weight is 349 g/mol. The molecule has 1 aliphatic heterocycles. The number of benzene rings is 1. The molecule has 1 unspecified atom stereocenters. The second kappa shape index (κ2) is 6.47. The zero-order valence-corrected chi connectivity index (χ0v) is 14.9. The van der Waals surface area contributed by atoms with Crippen molar-refractivity contribution in [2.45, 2.75) is 51.0 Å². The maximum atomic E-state index is 12.9. The van der Waals surface area contributed by atoms with E-state index in [-0.39, 0.29) is 5.91 Å². The Morgan fingerprint density at radius 3 is 2.79 bits per heavy atom. The van der Waals surface area contributed by atoms with Crippen LogP contribution in [0.15, 0.2) is 6.07 Å². The normalized spacial score (nSPS) is 28.0. The molecule has 5 heteroatoms. The zero-order valence-electron chi connectivity index (χ0n) is 14.2. The van der Waals surface area contributed by atoms with Gasteiger partial charge in [0.25, 0.3) is 5.91 Å². The predicted octanol–water partition coefficient (Wildman–Crippen LogP) is 4.02. The van der Waals surface area contributed by atoms with Crippen molar-refractivity contribution in [3.63, 3.8) is 0 Å². The van der Waals surface area contributed by atoms with Gasteiger partial charge in [0.15, 0.2) is 0 Å². The SMILES string of the molecule is COc1c(C(=O)NC2CC3CCC2CC3)cc(Cl)c2c1CCCN2. The number of hydrogen-bond donors (Lipinski definition) is 2. The Bertz CT molecular complexity index is 653. The van der Waals surface area contributed by atoms with E-state index in [1.54, 1.807) is 13.2 Å². The van der Waals surface area contributed by atoms with Crippen LogP contribution < -0.4 is 15.4 Å². The summed E-state index contributed by atoms with van der Waals surface area (Å²) in [6.07, 6.45) is 8.20. The van der Waals surface area contributed by atoms with Crippen molar-refractivity contribution in [2.24, 2.45) is 11.8 Å². The maximum Gasteiger partial charge on any atom is 0.255 e. The molecule has 1 atom stereocenters. The van der Waals surface area contributed by atoms with Crippen molar-refractivity contribution < 1.29 is 9.53 Å². The molecule has 2 bridgehead atoms. The van der Waals surface area contributed by atoms with E-state index < -0.39 is 0 Å². The highest BCUT2D eigenvalue weighted by Gasteiger charge is 2.37. The molecule has 1 amide bonds. The average Bonchev–Trinajstić information content (AvgIpc) is 2.62. The van der Waals surface area contributed by atoms with Gasteiger partial charge in [-0.05, 0) is 50.0 Å². The number of anilines is 1. The Kier molecular flexibility index (Phi) is 4.33. The molecule has 3 saturated carbocycles.